The van der Waals surface area contributed by atoms with Gasteiger partial charge in [-0.3, -0.25) is 5.32 Å². The van der Waals surface area contributed by atoms with Gasteiger partial charge in [0.05, 0.1) is 7.11 Å². The SMILES string of the molecule is COC(=O)Nc1cccc(NCc2ccc(SC)cc2)c1. The number of methoxy groups -OCH3 is 1. The third-order valence-electron chi connectivity index (χ3n) is 2.95. The molecule has 0 aliphatic carbocycles. The fourth-order valence-corrected chi connectivity index (χ4v) is 2.23. The summed E-state index contributed by atoms with van der Waals surface area (Å²) in [6.45, 7) is 0.732. The Balaban J connectivity index is 1.96. The quantitative estimate of drug-likeness (QED) is 0.813. The maximum atomic E-state index is 11.2. The van der Waals surface area contributed by atoms with Crippen molar-refractivity contribution in [2.45, 2.75) is 11.4 Å². The van der Waals surface area contributed by atoms with Crippen LogP contribution >= 0.6 is 11.8 Å². The molecule has 4 nitrogen and oxygen atoms in total. The molecule has 0 spiro atoms. The van der Waals surface area contributed by atoms with Crippen molar-refractivity contribution >= 4 is 29.2 Å². The summed E-state index contributed by atoms with van der Waals surface area (Å²) in [5, 5.41) is 5.97. The number of amides is 1. The molecule has 1 amide bonds. The van der Waals surface area contributed by atoms with E-state index in [2.05, 4.69) is 45.9 Å². The van der Waals surface area contributed by atoms with Crippen LogP contribution in [0.5, 0.6) is 0 Å². The number of thioether (sulfide) groups is 1. The zero-order valence-electron chi connectivity index (χ0n) is 12.1. The Kier molecular flexibility index (Phi) is 5.51. The minimum Gasteiger partial charge on any atom is -0.453 e. The lowest BCUT2D eigenvalue weighted by Gasteiger charge is -2.09. The Bertz CT molecular complexity index is 599. The summed E-state index contributed by atoms with van der Waals surface area (Å²) >= 11 is 1.73. The first-order valence-corrected chi connectivity index (χ1v) is 7.75. The third kappa shape index (κ3) is 4.72. The average molecular weight is 302 g/mol. The summed E-state index contributed by atoms with van der Waals surface area (Å²) in [7, 11) is 1.34. The molecule has 5 heteroatoms. The molecule has 0 bridgehead atoms. The van der Waals surface area contributed by atoms with E-state index in [1.807, 2.05) is 24.3 Å². The maximum absolute atomic E-state index is 11.2. The highest BCUT2D eigenvalue weighted by Gasteiger charge is 2.01. The number of hydrogen-bond acceptors (Lipinski definition) is 4. The molecule has 0 saturated carbocycles. The summed E-state index contributed by atoms with van der Waals surface area (Å²) < 4.78 is 4.57. The van der Waals surface area contributed by atoms with Gasteiger partial charge in [0.2, 0.25) is 0 Å². The molecule has 0 aromatic heterocycles. The van der Waals surface area contributed by atoms with Crippen LogP contribution in [0.25, 0.3) is 0 Å². The molecule has 2 aromatic carbocycles. The molecule has 0 saturated heterocycles. The van der Waals surface area contributed by atoms with Gasteiger partial charge in [-0.15, -0.1) is 11.8 Å². The van der Waals surface area contributed by atoms with E-state index in [9.17, 15) is 4.79 Å². The number of nitrogens with one attached hydrogen (secondary N) is 2. The van der Waals surface area contributed by atoms with Crippen molar-refractivity contribution in [1.82, 2.24) is 0 Å². The fraction of sp³-hybridized carbons (Fsp3) is 0.188. The van der Waals surface area contributed by atoms with Gasteiger partial charge in [0, 0.05) is 22.8 Å². The van der Waals surface area contributed by atoms with Crippen LogP contribution in [0.15, 0.2) is 53.4 Å². The van der Waals surface area contributed by atoms with Gasteiger partial charge >= 0.3 is 6.09 Å². The van der Waals surface area contributed by atoms with Gasteiger partial charge in [-0.1, -0.05) is 18.2 Å². The number of carbonyl (C=O) groups is 1. The van der Waals surface area contributed by atoms with Crippen molar-refractivity contribution in [2.75, 3.05) is 24.0 Å². The smallest absolute Gasteiger partial charge is 0.411 e. The average Bonchev–Trinajstić information content (AvgIpc) is 2.53. The Hall–Kier alpha value is -2.14. The van der Waals surface area contributed by atoms with Crippen LogP contribution in [0, 0.1) is 0 Å². The highest BCUT2D eigenvalue weighted by Crippen LogP contribution is 2.18. The summed E-state index contributed by atoms with van der Waals surface area (Å²) in [4.78, 5) is 12.4. The van der Waals surface area contributed by atoms with Gasteiger partial charge < -0.3 is 10.1 Å². The Morgan fingerprint density at radius 3 is 2.52 bits per heavy atom. The highest BCUT2D eigenvalue weighted by atomic mass is 32.2. The number of carbonyl (C=O) groups excluding carboxylic acids is 1. The zero-order valence-corrected chi connectivity index (χ0v) is 12.9. The topological polar surface area (TPSA) is 50.4 Å². The number of ether oxygens (including phenoxy) is 1. The molecule has 2 N–H and O–H groups in total. The summed E-state index contributed by atoms with van der Waals surface area (Å²) in [6.07, 6.45) is 1.59. The zero-order chi connectivity index (χ0) is 15.1. The number of benzene rings is 2. The van der Waals surface area contributed by atoms with Gasteiger partial charge in [0.25, 0.3) is 0 Å². The van der Waals surface area contributed by atoms with Crippen LogP contribution in [0.1, 0.15) is 5.56 Å². The van der Waals surface area contributed by atoms with E-state index in [0.29, 0.717) is 5.69 Å². The predicted octanol–water partition coefficient (Wildman–Crippen LogP) is 4.20. The molecular formula is C16H18N2O2S. The Morgan fingerprint density at radius 2 is 1.86 bits per heavy atom. The van der Waals surface area contributed by atoms with Crippen molar-refractivity contribution in [1.29, 1.82) is 0 Å². The van der Waals surface area contributed by atoms with Crippen LogP contribution in [-0.4, -0.2) is 19.5 Å². The second kappa shape index (κ2) is 7.59. The third-order valence-corrected chi connectivity index (χ3v) is 3.69. The normalized spacial score (nSPS) is 10.0. The van der Waals surface area contributed by atoms with E-state index >= 15 is 0 Å². The van der Waals surface area contributed by atoms with Crippen LogP contribution in [0.3, 0.4) is 0 Å². The van der Waals surface area contributed by atoms with Crippen LogP contribution in [0.2, 0.25) is 0 Å². The van der Waals surface area contributed by atoms with E-state index in [0.717, 1.165) is 12.2 Å². The standard InChI is InChI=1S/C16H18N2O2S/c1-20-16(19)18-14-5-3-4-13(10-14)17-11-12-6-8-15(21-2)9-7-12/h3-10,17H,11H2,1-2H3,(H,18,19). The van der Waals surface area contributed by atoms with Crippen LogP contribution in [-0.2, 0) is 11.3 Å². The molecule has 110 valence electrons. The Morgan fingerprint density at radius 1 is 1.14 bits per heavy atom. The predicted molar refractivity (Wildman–Crippen MR) is 88.0 cm³/mol. The second-order valence-electron chi connectivity index (χ2n) is 4.40. The first-order chi connectivity index (χ1) is 10.2. The monoisotopic (exact) mass is 302 g/mol. The van der Waals surface area contributed by atoms with Gasteiger partial charge in [-0.25, -0.2) is 4.79 Å². The summed E-state index contributed by atoms with van der Waals surface area (Å²) in [5.41, 5.74) is 2.85. The summed E-state index contributed by atoms with van der Waals surface area (Å²) in [5.74, 6) is 0. The number of rotatable bonds is 5. The highest BCUT2D eigenvalue weighted by molar-refractivity contribution is 7.98. The molecule has 0 aliphatic heterocycles. The van der Waals surface area contributed by atoms with E-state index in [1.165, 1.54) is 17.6 Å². The van der Waals surface area contributed by atoms with Gasteiger partial charge in [0.1, 0.15) is 0 Å². The lowest BCUT2D eigenvalue weighted by atomic mass is 10.2. The van der Waals surface area contributed by atoms with E-state index < -0.39 is 6.09 Å². The molecule has 0 fully saturated rings. The number of hydrogen-bond donors (Lipinski definition) is 2. The first-order valence-electron chi connectivity index (χ1n) is 6.53. The minimum atomic E-state index is -0.472. The fourth-order valence-electron chi connectivity index (χ4n) is 1.82. The Labute approximate surface area is 128 Å². The maximum Gasteiger partial charge on any atom is 0.411 e. The molecule has 2 rings (SSSR count). The molecule has 21 heavy (non-hydrogen) atoms. The molecule has 0 unspecified atom stereocenters. The molecular weight excluding hydrogens is 284 g/mol. The van der Waals surface area contributed by atoms with Gasteiger partial charge in [-0.2, -0.15) is 0 Å². The molecule has 0 atom stereocenters. The van der Waals surface area contributed by atoms with Crippen LogP contribution in [0.4, 0.5) is 16.2 Å². The second-order valence-corrected chi connectivity index (χ2v) is 5.28. The lowest BCUT2D eigenvalue weighted by Crippen LogP contribution is -2.11. The van der Waals surface area contributed by atoms with E-state index in [-0.39, 0.29) is 0 Å². The van der Waals surface area contributed by atoms with Crippen LogP contribution < -0.4 is 10.6 Å². The summed E-state index contributed by atoms with van der Waals surface area (Å²) in [6, 6.07) is 15.9. The molecule has 2 aromatic rings. The lowest BCUT2D eigenvalue weighted by molar-refractivity contribution is 0.187. The van der Waals surface area contributed by atoms with Gasteiger partial charge in [-0.05, 0) is 42.2 Å². The van der Waals surface area contributed by atoms with Gasteiger partial charge in [0.15, 0.2) is 0 Å². The molecule has 0 heterocycles. The minimum absolute atomic E-state index is 0.472. The van der Waals surface area contributed by atoms with Crippen molar-refractivity contribution in [2.24, 2.45) is 0 Å². The number of anilines is 2. The van der Waals surface area contributed by atoms with E-state index in [1.54, 1.807) is 11.8 Å². The van der Waals surface area contributed by atoms with Crippen molar-refractivity contribution in [3.8, 4) is 0 Å². The van der Waals surface area contributed by atoms with Crippen molar-refractivity contribution in [3.05, 3.63) is 54.1 Å². The van der Waals surface area contributed by atoms with Crippen molar-refractivity contribution < 1.29 is 9.53 Å². The first kappa shape index (κ1) is 15.3. The molecule has 0 radical (unpaired) electrons. The van der Waals surface area contributed by atoms with E-state index in [4.69, 9.17) is 0 Å². The molecule has 0 aliphatic rings. The largest absolute Gasteiger partial charge is 0.453 e. The van der Waals surface area contributed by atoms with Crippen molar-refractivity contribution in [3.63, 3.8) is 0 Å².